The first-order valence-corrected chi connectivity index (χ1v) is 6.15. The molecule has 5 heteroatoms. The summed E-state index contributed by atoms with van der Waals surface area (Å²) in [5.74, 6) is 0.604. The number of hydrogen-bond donors (Lipinski definition) is 1. The minimum Gasteiger partial charge on any atom is -0.504 e. The van der Waals surface area contributed by atoms with Crippen LogP contribution in [-0.4, -0.2) is 36.0 Å². The van der Waals surface area contributed by atoms with Crippen molar-refractivity contribution in [3.05, 3.63) is 24.3 Å². The van der Waals surface area contributed by atoms with Gasteiger partial charge >= 0.3 is 0 Å². The molecule has 1 aliphatic heterocycles. The first kappa shape index (κ1) is 11.7. The highest BCUT2D eigenvalue weighted by molar-refractivity contribution is 9.09. The van der Waals surface area contributed by atoms with Crippen molar-refractivity contribution in [2.24, 2.45) is 0 Å². The second-order valence-corrected chi connectivity index (χ2v) is 4.10. The lowest BCUT2D eigenvalue weighted by Gasteiger charge is -2.12. The molecule has 0 bridgehead atoms. The van der Waals surface area contributed by atoms with E-state index in [9.17, 15) is 5.11 Å². The lowest BCUT2D eigenvalue weighted by Crippen LogP contribution is -2.21. The number of para-hydroxylation sites is 2. The standard InChI is InChI=1S/C11H13BrO4/c12-5-11-15-7-8(16-11)6-14-10-4-2-1-3-9(10)13/h1-4,8,11,13H,5-7H2. The number of phenolic OH excluding ortho intramolecular Hbond substituents is 1. The molecule has 4 nitrogen and oxygen atoms in total. The zero-order valence-electron chi connectivity index (χ0n) is 8.64. The molecule has 0 amide bonds. The summed E-state index contributed by atoms with van der Waals surface area (Å²) in [6.45, 7) is 0.894. The van der Waals surface area contributed by atoms with Crippen LogP contribution in [0.3, 0.4) is 0 Å². The van der Waals surface area contributed by atoms with Crippen LogP contribution < -0.4 is 4.74 Å². The van der Waals surface area contributed by atoms with Crippen molar-refractivity contribution >= 4 is 15.9 Å². The molecule has 2 atom stereocenters. The molecule has 1 aromatic rings. The van der Waals surface area contributed by atoms with Gasteiger partial charge in [0.1, 0.15) is 12.7 Å². The molecule has 1 heterocycles. The maximum absolute atomic E-state index is 9.48. The van der Waals surface area contributed by atoms with Gasteiger partial charge in [0.15, 0.2) is 17.8 Å². The van der Waals surface area contributed by atoms with Gasteiger partial charge in [-0.05, 0) is 12.1 Å². The maximum Gasteiger partial charge on any atom is 0.167 e. The Hall–Kier alpha value is -0.780. The van der Waals surface area contributed by atoms with E-state index in [2.05, 4.69) is 15.9 Å². The number of alkyl halides is 1. The molecule has 1 fully saturated rings. The van der Waals surface area contributed by atoms with E-state index in [-0.39, 0.29) is 18.1 Å². The van der Waals surface area contributed by atoms with Gasteiger partial charge in [-0.3, -0.25) is 0 Å². The average molecular weight is 289 g/mol. The van der Waals surface area contributed by atoms with Crippen LogP contribution in [0.2, 0.25) is 0 Å². The summed E-state index contributed by atoms with van der Waals surface area (Å²) in [4.78, 5) is 0. The molecular weight excluding hydrogens is 276 g/mol. The van der Waals surface area contributed by atoms with E-state index >= 15 is 0 Å². The normalized spacial score (nSPS) is 24.6. The van der Waals surface area contributed by atoms with Crippen LogP contribution >= 0.6 is 15.9 Å². The van der Waals surface area contributed by atoms with Gasteiger partial charge < -0.3 is 19.3 Å². The van der Waals surface area contributed by atoms with Crippen LogP contribution in [0.4, 0.5) is 0 Å². The number of benzene rings is 1. The zero-order chi connectivity index (χ0) is 11.4. The molecular formula is C11H13BrO4. The van der Waals surface area contributed by atoms with E-state index in [1.54, 1.807) is 18.2 Å². The Morgan fingerprint density at radius 1 is 1.44 bits per heavy atom. The highest BCUT2D eigenvalue weighted by Crippen LogP contribution is 2.25. The average Bonchev–Trinajstić information content (AvgIpc) is 2.76. The van der Waals surface area contributed by atoms with Crippen molar-refractivity contribution < 1.29 is 19.3 Å². The van der Waals surface area contributed by atoms with Gasteiger partial charge in [0, 0.05) is 0 Å². The Balaban J connectivity index is 1.82. The topological polar surface area (TPSA) is 47.9 Å². The third-order valence-corrected chi connectivity index (χ3v) is 2.76. The third kappa shape index (κ3) is 2.87. The maximum atomic E-state index is 9.48. The molecule has 0 aliphatic carbocycles. The van der Waals surface area contributed by atoms with Crippen LogP contribution in [0.15, 0.2) is 24.3 Å². The van der Waals surface area contributed by atoms with Gasteiger partial charge in [-0.25, -0.2) is 0 Å². The van der Waals surface area contributed by atoms with E-state index in [0.29, 0.717) is 24.3 Å². The number of hydrogen-bond acceptors (Lipinski definition) is 4. The first-order chi connectivity index (χ1) is 7.79. The van der Waals surface area contributed by atoms with Gasteiger partial charge in [-0.15, -0.1) is 0 Å². The Bertz CT molecular complexity index is 345. The number of ether oxygens (including phenoxy) is 3. The van der Waals surface area contributed by atoms with Crippen LogP contribution in [0.25, 0.3) is 0 Å². The number of phenols is 1. The summed E-state index contributed by atoms with van der Waals surface area (Å²) in [5, 5.41) is 10.1. The van der Waals surface area contributed by atoms with Crippen molar-refractivity contribution in [3.8, 4) is 11.5 Å². The predicted octanol–water partition coefficient (Wildman–Crippen LogP) is 1.91. The van der Waals surface area contributed by atoms with Crippen molar-refractivity contribution in [2.45, 2.75) is 12.4 Å². The smallest absolute Gasteiger partial charge is 0.167 e. The fourth-order valence-corrected chi connectivity index (χ4v) is 1.78. The summed E-state index contributed by atoms with van der Waals surface area (Å²) >= 11 is 3.28. The second-order valence-electron chi connectivity index (χ2n) is 3.45. The molecule has 0 spiro atoms. The minimum atomic E-state index is -0.196. The largest absolute Gasteiger partial charge is 0.504 e. The summed E-state index contributed by atoms with van der Waals surface area (Å²) in [6, 6.07) is 6.86. The van der Waals surface area contributed by atoms with Crippen molar-refractivity contribution in [1.29, 1.82) is 0 Å². The highest BCUT2D eigenvalue weighted by Gasteiger charge is 2.25. The molecule has 0 radical (unpaired) electrons. The molecule has 2 rings (SSSR count). The first-order valence-electron chi connectivity index (χ1n) is 5.03. The Morgan fingerprint density at radius 2 is 2.25 bits per heavy atom. The molecule has 2 unspecified atom stereocenters. The summed E-state index contributed by atoms with van der Waals surface area (Å²) < 4.78 is 16.3. The predicted molar refractivity (Wildman–Crippen MR) is 62.0 cm³/mol. The van der Waals surface area contributed by atoms with Gasteiger partial charge in [-0.2, -0.15) is 0 Å². The van der Waals surface area contributed by atoms with E-state index in [1.165, 1.54) is 0 Å². The van der Waals surface area contributed by atoms with Gasteiger partial charge in [0.25, 0.3) is 0 Å². The third-order valence-electron chi connectivity index (χ3n) is 2.23. The van der Waals surface area contributed by atoms with Gasteiger partial charge in [0.2, 0.25) is 0 Å². The van der Waals surface area contributed by atoms with Crippen LogP contribution in [0, 0.1) is 0 Å². The number of halogens is 1. The molecule has 1 N–H and O–H groups in total. The molecule has 1 aliphatic rings. The molecule has 1 saturated heterocycles. The van der Waals surface area contributed by atoms with Crippen LogP contribution in [0.1, 0.15) is 0 Å². The SMILES string of the molecule is Oc1ccccc1OCC1COC(CBr)O1. The second kappa shape index (κ2) is 5.52. The van der Waals surface area contributed by atoms with Crippen molar-refractivity contribution in [3.63, 3.8) is 0 Å². The zero-order valence-corrected chi connectivity index (χ0v) is 10.2. The summed E-state index contributed by atoms with van der Waals surface area (Å²) in [6.07, 6.45) is -0.278. The Labute approximate surface area is 102 Å². The Morgan fingerprint density at radius 3 is 2.94 bits per heavy atom. The quantitative estimate of drug-likeness (QED) is 0.860. The lowest BCUT2D eigenvalue weighted by atomic mass is 10.3. The van der Waals surface area contributed by atoms with Crippen molar-refractivity contribution in [1.82, 2.24) is 0 Å². The molecule has 16 heavy (non-hydrogen) atoms. The van der Waals surface area contributed by atoms with Gasteiger partial charge in [0.05, 0.1) is 11.9 Å². The minimum absolute atomic E-state index is 0.0813. The highest BCUT2D eigenvalue weighted by atomic mass is 79.9. The fraction of sp³-hybridized carbons (Fsp3) is 0.455. The van der Waals surface area contributed by atoms with E-state index in [4.69, 9.17) is 14.2 Å². The van der Waals surface area contributed by atoms with E-state index < -0.39 is 0 Å². The lowest BCUT2D eigenvalue weighted by molar-refractivity contribution is -0.0444. The number of rotatable bonds is 4. The van der Waals surface area contributed by atoms with Gasteiger partial charge in [-0.1, -0.05) is 28.1 Å². The molecule has 0 aromatic heterocycles. The summed E-state index contributed by atoms with van der Waals surface area (Å²) in [5.41, 5.74) is 0. The van der Waals surface area contributed by atoms with Crippen LogP contribution in [0.5, 0.6) is 11.5 Å². The number of aromatic hydroxyl groups is 1. The fourth-order valence-electron chi connectivity index (χ4n) is 1.44. The monoisotopic (exact) mass is 288 g/mol. The molecule has 1 aromatic carbocycles. The Kier molecular flexibility index (Phi) is 4.04. The van der Waals surface area contributed by atoms with Crippen LogP contribution in [-0.2, 0) is 9.47 Å². The van der Waals surface area contributed by atoms with E-state index in [1.807, 2.05) is 6.07 Å². The molecule has 0 saturated carbocycles. The van der Waals surface area contributed by atoms with E-state index in [0.717, 1.165) is 0 Å². The summed E-state index contributed by atoms with van der Waals surface area (Å²) in [7, 11) is 0. The van der Waals surface area contributed by atoms with Crippen molar-refractivity contribution in [2.75, 3.05) is 18.5 Å². The molecule has 88 valence electrons.